The number of carbonyl (C=O) groups is 2. The first-order chi connectivity index (χ1) is 17.2. The standard InChI is InChI=1S/C26H27N3O7/c1-26(2)35-23-22(33-3)21(34-24(23)36-26)18-12-20(31)29(17-10-8-15(13-27)9-11-17)25(32)28(18)14-16-6-4-5-7-19(16)30/h4-11,18,21-24,30H,12,14H2,1-3H3/t18-,21+,22-,23+,24+/m0/s1. The molecule has 2 aromatic rings. The van der Waals surface area contributed by atoms with Crippen molar-refractivity contribution >= 4 is 17.6 Å². The van der Waals surface area contributed by atoms with E-state index in [1.807, 2.05) is 6.07 Å². The molecule has 3 fully saturated rings. The highest BCUT2D eigenvalue weighted by Crippen LogP contribution is 2.42. The van der Waals surface area contributed by atoms with Crippen LogP contribution >= 0.6 is 0 Å². The number of methoxy groups -OCH3 is 1. The largest absolute Gasteiger partial charge is 0.508 e. The van der Waals surface area contributed by atoms with Crippen LogP contribution in [0.25, 0.3) is 0 Å². The van der Waals surface area contributed by atoms with Gasteiger partial charge in [0.05, 0.1) is 36.3 Å². The minimum absolute atomic E-state index is 0.0341. The number of hydrogen-bond acceptors (Lipinski definition) is 8. The molecule has 0 saturated carbocycles. The number of anilines is 1. The second-order valence-electron chi connectivity index (χ2n) is 9.47. The van der Waals surface area contributed by atoms with E-state index in [2.05, 4.69) is 0 Å². The van der Waals surface area contributed by atoms with Crippen LogP contribution in [0, 0.1) is 11.3 Å². The summed E-state index contributed by atoms with van der Waals surface area (Å²) < 4.78 is 23.8. The van der Waals surface area contributed by atoms with Crippen LogP contribution in [0.1, 0.15) is 31.4 Å². The third-order valence-electron chi connectivity index (χ3n) is 6.74. The Morgan fingerprint density at radius 3 is 2.50 bits per heavy atom. The number of hydrogen-bond donors (Lipinski definition) is 1. The lowest BCUT2D eigenvalue weighted by Gasteiger charge is -2.43. The van der Waals surface area contributed by atoms with E-state index in [0.29, 0.717) is 16.8 Å². The van der Waals surface area contributed by atoms with Crippen molar-refractivity contribution in [3.8, 4) is 11.8 Å². The number of phenolic OH excluding ortho intramolecular Hbond substituents is 1. The maximum Gasteiger partial charge on any atom is 0.332 e. The molecular weight excluding hydrogens is 466 g/mol. The van der Waals surface area contributed by atoms with Gasteiger partial charge in [-0.15, -0.1) is 0 Å². The number of urea groups is 1. The van der Waals surface area contributed by atoms with Crippen LogP contribution in [-0.4, -0.2) is 65.5 Å². The van der Waals surface area contributed by atoms with E-state index in [4.69, 9.17) is 24.2 Å². The second kappa shape index (κ2) is 9.19. The van der Waals surface area contributed by atoms with E-state index in [0.717, 1.165) is 4.90 Å². The smallest absolute Gasteiger partial charge is 0.332 e. The number of benzene rings is 2. The number of rotatable bonds is 5. The summed E-state index contributed by atoms with van der Waals surface area (Å²) in [5.74, 6) is -1.23. The number of nitrogens with zero attached hydrogens (tertiary/aromatic N) is 3. The number of fused-ring (bicyclic) bond motifs is 1. The fraction of sp³-hybridized carbons (Fsp3) is 0.423. The number of nitriles is 1. The maximum absolute atomic E-state index is 13.8. The van der Waals surface area contributed by atoms with Crippen LogP contribution in [0.2, 0.25) is 0 Å². The highest BCUT2D eigenvalue weighted by Gasteiger charge is 2.59. The average molecular weight is 494 g/mol. The summed E-state index contributed by atoms with van der Waals surface area (Å²) in [7, 11) is 1.53. The van der Waals surface area contributed by atoms with Crippen molar-refractivity contribution in [3.05, 3.63) is 59.7 Å². The van der Waals surface area contributed by atoms with Crippen molar-refractivity contribution in [1.82, 2.24) is 4.90 Å². The number of amides is 3. The summed E-state index contributed by atoms with van der Waals surface area (Å²) >= 11 is 0. The Hall–Kier alpha value is -3.49. The average Bonchev–Trinajstić information content (AvgIpc) is 3.33. The van der Waals surface area contributed by atoms with Gasteiger partial charge in [-0.1, -0.05) is 18.2 Å². The summed E-state index contributed by atoms with van der Waals surface area (Å²) in [4.78, 5) is 29.8. The Morgan fingerprint density at radius 2 is 1.83 bits per heavy atom. The number of phenols is 1. The minimum Gasteiger partial charge on any atom is -0.508 e. The lowest BCUT2D eigenvalue weighted by molar-refractivity contribution is -0.223. The van der Waals surface area contributed by atoms with Gasteiger partial charge in [0.15, 0.2) is 12.1 Å². The summed E-state index contributed by atoms with van der Waals surface area (Å²) in [6, 6.07) is 13.7. The Morgan fingerprint density at radius 1 is 1.11 bits per heavy atom. The molecule has 0 aliphatic carbocycles. The number of imide groups is 1. The van der Waals surface area contributed by atoms with Crippen LogP contribution < -0.4 is 4.90 Å². The molecule has 3 amide bonds. The molecule has 10 heteroatoms. The van der Waals surface area contributed by atoms with Gasteiger partial charge < -0.3 is 29.0 Å². The van der Waals surface area contributed by atoms with Crippen LogP contribution in [-0.2, 0) is 30.3 Å². The molecule has 3 aliphatic heterocycles. The highest BCUT2D eigenvalue weighted by molar-refractivity contribution is 6.16. The third-order valence-corrected chi connectivity index (χ3v) is 6.74. The first kappa shape index (κ1) is 24.2. The molecule has 3 saturated heterocycles. The summed E-state index contributed by atoms with van der Waals surface area (Å²) in [5, 5.41) is 19.5. The molecular formula is C26H27N3O7. The third kappa shape index (κ3) is 4.20. The first-order valence-electron chi connectivity index (χ1n) is 11.7. The maximum atomic E-state index is 13.8. The zero-order valence-corrected chi connectivity index (χ0v) is 20.2. The van der Waals surface area contributed by atoms with Gasteiger partial charge in [-0.05, 0) is 44.2 Å². The molecule has 0 unspecified atom stereocenters. The van der Waals surface area contributed by atoms with E-state index in [1.54, 1.807) is 62.4 Å². The van der Waals surface area contributed by atoms with Gasteiger partial charge in [-0.25, -0.2) is 9.69 Å². The molecule has 3 heterocycles. The lowest BCUT2D eigenvalue weighted by Crippen LogP contribution is -2.62. The van der Waals surface area contributed by atoms with Crippen LogP contribution in [0.5, 0.6) is 5.75 Å². The minimum atomic E-state index is -0.850. The van der Waals surface area contributed by atoms with Gasteiger partial charge >= 0.3 is 6.03 Å². The number of ether oxygens (including phenoxy) is 4. The molecule has 0 spiro atoms. The van der Waals surface area contributed by atoms with Crippen molar-refractivity contribution in [2.24, 2.45) is 0 Å². The van der Waals surface area contributed by atoms with Crippen LogP contribution in [0.15, 0.2) is 48.5 Å². The molecule has 0 radical (unpaired) electrons. The molecule has 3 aliphatic rings. The summed E-state index contributed by atoms with van der Waals surface area (Å²) in [6.07, 6.45) is -2.57. The van der Waals surface area contributed by atoms with E-state index in [1.165, 1.54) is 12.0 Å². The van der Waals surface area contributed by atoms with Gasteiger partial charge in [0.25, 0.3) is 0 Å². The predicted molar refractivity (Wildman–Crippen MR) is 126 cm³/mol. The zero-order chi connectivity index (χ0) is 25.6. The van der Waals surface area contributed by atoms with Crippen molar-refractivity contribution in [1.29, 1.82) is 5.26 Å². The van der Waals surface area contributed by atoms with Gasteiger partial charge in [-0.3, -0.25) is 4.79 Å². The number of carbonyl (C=O) groups excluding carboxylic acids is 2. The van der Waals surface area contributed by atoms with E-state index >= 15 is 0 Å². The number of aromatic hydroxyl groups is 1. The second-order valence-corrected chi connectivity index (χ2v) is 9.47. The van der Waals surface area contributed by atoms with Crippen molar-refractivity contribution < 1.29 is 33.6 Å². The Balaban J connectivity index is 1.50. The fourth-order valence-electron chi connectivity index (χ4n) is 5.09. The van der Waals surface area contributed by atoms with E-state index < -0.39 is 48.4 Å². The highest BCUT2D eigenvalue weighted by atomic mass is 16.8. The fourth-order valence-corrected chi connectivity index (χ4v) is 5.09. The zero-order valence-electron chi connectivity index (χ0n) is 20.2. The molecule has 36 heavy (non-hydrogen) atoms. The molecule has 188 valence electrons. The SMILES string of the molecule is CO[C@@H]1[C@H]2OC(C)(C)O[C@H]2O[C@@H]1[C@@H]1CC(=O)N(c2ccc(C#N)cc2)C(=O)N1Cc1ccccc1O. The predicted octanol–water partition coefficient (Wildman–Crippen LogP) is 2.88. The van der Waals surface area contributed by atoms with Gasteiger partial charge in [0.2, 0.25) is 5.91 Å². The lowest BCUT2D eigenvalue weighted by atomic mass is 9.95. The number of para-hydroxylation sites is 1. The quantitative estimate of drug-likeness (QED) is 0.675. The Labute approximate surface area is 208 Å². The molecule has 2 aromatic carbocycles. The Kier molecular flexibility index (Phi) is 6.18. The van der Waals surface area contributed by atoms with Crippen LogP contribution in [0.4, 0.5) is 10.5 Å². The van der Waals surface area contributed by atoms with Crippen LogP contribution in [0.3, 0.4) is 0 Å². The van der Waals surface area contributed by atoms with Crippen molar-refractivity contribution in [2.75, 3.05) is 12.0 Å². The van der Waals surface area contributed by atoms with Gasteiger partial charge in [-0.2, -0.15) is 5.26 Å². The Bertz CT molecular complexity index is 1210. The van der Waals surface area contributed by atoms with Gasteiger partial charge in [0, 0.05) is 12.7 Å². The molecule has 5 atom stereocenters. The van der Waals surface area contributed by atoms with E-state index in [9.17, 15) is 14.7 Å². The summed E-state index contributed by atoms with van der Waals surface area (Å²) in [5.41, 5.74) is 1.28. The molecule has 10 nitrogen and oxygen atoms in total. The van der Waals surface area contributed by atoms with E-state index in [-0.39, 0.29) is 18.7 Å². The van der Waals surface area contributed by atoms with Crippen molar-refractivity contribution in [3.63, 3.8) is 0 Å². The topological polar surface area (TPSA) is 122 Å². The van der Waals surface area contributed by atoms with Crippen molar-refractivity contribution in [2.45, 2.75) is 63.2 Å². The molecule has 0 aromatic heterocycles. The summed E-state index contributed by atoms with van der Waals surface area (Å²) in [6.45, 7) is 3.60. The molecule has 1 N–H and O–H groups in total. The molecule has 5 rings (SSSR count). The monoisotopic (exact) mass is 493 g/mol. The van der Waals surface area contributed by atoms with Gasteiger partial charge in [0.1, 0.15) is 24.1 Å². The first-order valence-corrected chi connectivity index (χ1v) is 11.7. The normalized spacial score (nSPS) is 29.3. The molecule has 0 bridgehead atoms.